The fraction of sp³-hybridized carbons (Fsp3) is 0. The Morgan fingerprint density at radius 3 is 2.62 bits per heavy atom. The van der Waals surface area contributed by atoms with E-state index in [0.717, 1.165) is 38.5 Å². The monoisotopic (exact) mass is 332 g/mol. The average molecular weight is 332 g/mol. The quantitative estimate of drug-likeness (QED) is 0.247. The Hall–Kier alpha value is -3.59. The van der Waals surface area contributed by atoms with Gasteiger partial charge in [0.05, 0.1) is 22.1 Å². The Morgan fingerprint density at radius 2 is 1.62 bits per heavy atom. The molecule has 7 rings (SSSR count). The van der Waals surface area contributed by atoms with Crippen molar-refractivity contribution in [3.63, 3.8) is 0 Å². The Bertz CT molecular complexity index is 1630. The second kappa shape index (κ2) is 4.14. The van der Waals surface area contributed by atoms with Crippen LogP contribution in [0.25, 0.3) is 60.2 Å². The lowest BCUT2D eigenvalue weighted by Gasteiger charge is -2.14. The molecule has 3 heteroatoms. The largest absolute Gasteiger partial charge is 0.452 e. The highest BCUT2D eigenvalue weighted by Gasteiger charge is 2.20. The zero-order valence-corrected chi connectivity index (χ0v) is 13.7. The van der Waals surface area contributed by atoms with Crippen molar-refractivity contribution in [2.24, 2.45) is 0 Å². The molecule has 0 bridgehead atoms. The number of fused-ring (bicyclic) bond motifs is 5. The molecule has 4 heterocycles. The molecule has 0 radical (unpaired) electrons. The summed E-state index contributed by atoms with van der Waals surface area (Å²) < 4.78 is 8.81. The first-order chi connectivity index (χ1) is 12.9. The fourth-order valence-corrected chi connectivity index (χ4v) is 4.49. The van der Waals surface area contributed by atoms with Gasteiger partial charge in [0, 0.05) is 27.7 Å². The molecule has 0 aliphatic heterocycles. The number of pyridine rings is 2. The summed E-state index contributed by atoms with van der Waals surface area (Å²) in [5.74, 6) is 0. The highest BCUT2D eigenvalue weighted by Crippen LogP contribution is 2.41. The molecule has 7 aromatic rings. The van der Waals surface area contributed by atoms with Crippen LogP contribution in [0.5, 0.6) is 0 Å². The first-order valence-corrected chi connectivity index (χ1v) is 8.74. The number of benzene rings is 3. The van der Waals surface area contributed by atoms with Gasteiger partial charge in [0.25, 0.3) is 0 Å². The molecule has 3 aromatic carbocycles. The molecule has 26 heavy (non-hydrogen) atoms. The summed E-state index contributed by atoms with van der Waals surface area (Å²) in [4.78, 5) is 4.73. The van der Waals surface area contributed by atoms with Gasteiger partial charge in [-0.25, -0.2) is 0 Å². The minimum atomic E-state index is 0.913. The van der Waals surface area contributed by atoms with E-state index in [4.69, 9.17) is 9.40 Å². The maximum Gasteiger partial charge on any atom is 0.160 e. The normalized spacial score (nSPS) is 12.6. The Balaban J connectivity index is 2.01. The van der Waals surface area contributed by atoms with E-state index in [1.807, 2.05) is 12.3 Å². The minimum Gasteiger partial charge on any atom is -0.452 e. The van der Waals surface area contributed by atoms with Crippen molar-refractivity contribution in [3.8, 4) is 0 Å². The lowest BCUT2D eigenvalue weighted by Crippen LogP contribution is -1.96. The van der Waals surface area contributed by atoms with E-state index in [9.17, 15) is 0 Å². The first kappa shape index (κ1) is 12.7. The number of rotatable bonds is 0. The van der Waals surface area contributed by atoms with E-state index in [2.05, 4.69) is 65.1 Å². The standard InChI is InChI=1S/C23H12N2O/c1-2-7-15-13(5-1)11-17-20-16(8-4-10-24-20)18-12-14-6-3-9-19-21(14)25(18)22(17)23(15)26-19/h1-12H. The van der Waals surface area contributed by atoms with Crippen LogP contribution in [-0.4, -0.2) is 9.38 Å². The lowest BCUT2D eigenvalue weighted by molar-refractivity contribution is 0.660. The van der Waals surface area contributed by atoms with Crippen molar-refractivity contribution >= 4 is 60.2 Å². The van der Waals surface area contributed by atoms with Crippen LogP contribution >= 0.6 is 0 Å². The van der Waals surface area contributed by atoms with E-state index < -0.39 is 0 Å². The van der Waals surface area contributed by atoms with Crippen LogP contribution in [0.15, 0.2) is 77.3 Å². The Kier molecular flexibility index (Phi) is 2.03. The van der Waals surface area contributed by atoms with Crippen LogP contribution in [0.4, 0.5) is 0 Å². The molecule has 0 saturated heterocycles. The Morgan fingerprint density at radius 1 is 0.731 bits per heavy atom. The van der Waals surface area contributed by atoms with Crippen LogP contribution in [0, 0.1) is 0 Å². The number of nitrogens with zero attached hydrogens (tertiary/aromatic N) is 2. The van der Waals surface area contributed by atoms with Gasteiger partial charge in [-0.15, -0.1) is 0 Å². The van der Waals surface area contributed by atoms with E-state index in [-0.39, 0.29) is 0 Å². The lowest BCUT2D eigenvalue weighted by atomic mass is 10.0. The molecule has 0 fully saturated rings. The van der Waals surface area contributed by atoms with Crippen molar-refractivity contribution in [2.45, 2.75) is 0 Å². The van der Waals surface area contributed by atoms with Crippen LogP contribution in [0.3, 0.4) is 0 Å². The predicted octanol–water partition coefficient (Wildman–Crippen LogP) is 6.13. The van der Waals surface area contributed by atoms with Gasteiger partial charge in [0.2, 0.25) is 0 Å². The molecule has 0 aliphatic carbocycles. The van der Waals surface area contributed by atoms with Gasteiger partial charge < -0.3 is 8.82 Å². The maximum atomic E-state index is 6.46. The van der Waals surface area contributed by atoms with E-state index >= 15 is 0 Å². The van der Waals surface area contributed by atoms with Gasteiger partial charge >= 0.3 is 0 Å². The molecule has 0 N–H and O–H groups in total. The highest BCUT2D eigenvalue weighted by molar-refractivity contribution is 6.24. The number of hydrogen-bond acceptors (Lipinski definition) is 2. The average Bonchev–Trinajstić information content (AvgIpc) is 3.09. The summed E-state index contributed by atoms with van der Waals surface area (Å²) in [6.07, 6.45) is 1.87. The molecule has 3 nitrogen and oxygen atoms in total. The predicted molar refractivity (Wildman–Crippen MR) is 106 cm³/mol. The summed E-state index contributed by atoms with van der Waals surface area (Å²) in [6, 6.07) is 23.3. The van der Waals surface area contributed by atoms with Crippen molar-refractivity contribution in [1.29, 1.82) is 0 Å². The zero-order chi connectivity index (χ0) is 16.8. The third-order valence-corrected chi connectivity index (χ3v) is 5.54. The van der Waals surface area contributed by atoms with Crippen LogP contribution in [-0.2, 0) is 0 Å². The molecule has 0 spiro atoms. The van der Waals surface area contributed by atoms with Crippen LogP contribution in [0.1, 0.15) is 0 Å². The molecular weight excluding hydrogens is 320 g/mol. The van der Waals surface area contributed by atoms with Crippen molar-refractivity contribution < 1.29 is 4.42 Å². The molecule has 0 amide bonds. The molecule has 0 aliphatic rings. The SMILES string of the molecule is c1ccc2c(c1)cc1c3ncccc3c3cc4cccc5oc2c1n3c45. The summed E-state index contributed by atoms with van der Waals surface area (Å²) in [5.41, 5.74) is 6.29. The van der Waals surface area contributed by atoms with Gasteiger partial charge in [-0.1, -0.05) is 36.4 Å². The number of aromatic nitrogens is 2. The molecule has 0 unspecified atom stereocenters. The maximum absolute atomic E-state index is 6.46. The van der Waals surface area contributed by atoms with Gasteiger partial charge in [0.1, 0.15) is 0 Å². The number of para-hydroxylation sites is 1. The number of hydrogen-bond donors (Lipinski definition) is 0. The van der Waals surface area contributed by atoms with Crippen molar-refractivity contribution in [2.75, 3.05) is 0 Å². The summed E-state index contributed by atoms with van der Waals surface area (Å²) >= 11 is 0. The minimum absolute atomic E-state index is 0.913. The van der Waals surface area contributed by atoms with Gasteiger partial charge in [-0.05, 0) is 35.7 Å². The summed E-state index contributed by atoms with van der Waals surface area (Å²) in [7, 11) is 0. The summed E-state index contributed by atoms with van der Waals surface area (Å²) in [5, 5.41) is 5.80. The van der Waals surface area contributed by atoms with E-state index in [0.29, 0.717) is 0 Å². The fourth-order valence-electron chi connectivity index (χ4n) is 4.49. The van der Waals surface area contributed by atoms with Gasteiger partial charge in [-0.3, -0.25) is 4.98 Å². The van der Waals surface area contributed by atoms with Crippen LogP contribution in [0.2, 0.25) is 0 Å². The second-order valence-electron chi connectivity index (χ2n) is 6.88. The van der Waals surface area contributed by atoms with E-state index in [1.165, 1.54) is 21.7 Å². The highest BCUT2D eigenvalue weighted by atomic mass is 16.3. The topological polar surface area (TPSA) is 30.4 Å². The van der Waals surface area contributed by atoms with E-state index in [1.54, 1.807) is 0 Å². The molecule has 120 valence electrons. The van der Waals surface area contributed by atoms with Gasteiger partial charge in [0.15, 0.2) is 11.2 Å². The second-order valence-corrected chi connectivity index (χ2v) is 6.88. The molecule has 4 aromatic heterocycles. The van der Waals surface area contributed by atoms with Crippen molar-refractivity contribution in [1.82, 2.24) is 9.38 Å². The summed E-state index contributed by atoms with van der Waals surface area (Å²) in [6.45, 7) is 0. The molecular formula is C23H12N2O. The Labute approximate surface area is 147 Å². The zero-order valence-electron chi connectivity index (χ0n) is 13.7. The first-order valence-electron chi connectivity index (χ1n) is 8.74. The van der Waals surface area contributed by atoms with Crippen LogP contribution < -0.4 is 0 Å². The third-order valence-electron chi connectivity index (χ3n) is 5.54. The third kappa shape index (κ3) is 1.32. The smallest absolute Gasteiger partial charge is 0.160 e. The van der Waals surface area contributed by atoms with Gasteiger partial charge in [-0.2, -0.15) is 0 Å². The molecule has 0 atom stereocenters. The molecule has 0 saturated carbocycles. The van der Waals surface area contributed by atoms with Crippen molar-refractivity contribution in [3.05, 3.63) is 72.9 Å².